The van der Waals surface area contributed by atoms with Gasteiger partial charge in [0.2, 0.25) is 5.91 Å². The highest BCUT2D eigenvalue weighted by atomic mass is 16.1. The van der Waals surface area contributed by atoms with Gasteiger partial charge in [-0.3, -0.25) is 4.79 Å². The minimum atomic E-state index is 0.0504. The van der Waals surface area contributed by atoms with Crippen LogP contribution in [0.25, 0.3) is 5.69 Å². The van der Waals surface area contributed by atoms with Crippen molar-refractivity contribution >= 4 is 11.6 Å². The Morgan fingerprint density at radius 3 is 3.00 bits per heavy atom. The van der Waals surface area contributed by atoms with Gasteiger partial charge in [-0.1, -0.05) is 12.1 Å². The van der Waals surface area contributed by atoms with E-state index in [0.29, 0.717) is 0 Å². The van der Waals surface area contributed by atoms with Gasteiger partial charge in [0.25, 0.3) is 0 Å². The molecule has 0 aliphatic carbocycles. The largest absolute Gasteiger partial charge is 0.324 e. The van der Waals surface area contributed by atoms with Crippen LogP contribution in [-0.4, -0.2) is 28.8 Å². The molecule has 0 bridgehead atoms. The van der Waals surface area contributed by atoms with Crippen molar-refractivity contribution in [2.24, 2.45) is 5.92 Å². The fourth-order valence-corrected chi connectivity index (χ4v) is 2.50. The standard InChI is InChI=1S/C15H18N4O/c20-15(12-5-3-8-16-11-12)18-13-6-1-2-7-14(13)19-10-4-9-17-19/h1-2,4,6-7,9-10,12,16H,3,5,8,11H2,(H,18,20)/t12-/m0/s1. The molecular formula is C15H18N4O. The van der Waals surface area contributed by atoms with Crippen molar-refractivity contribution < 1.29 is 4.79 Å². The molecule has 5 nitrogen and oxygen atoms in total. The van der Waals surface area contributed by atoms with Crippen molar-refractivity contribution in [1.29, 1.82) is 0 Å². The molecule has 0 saturated carbocycles. The predicted octanol–water partition coefficient (Wildman–Crippen LogP) is 1.81. The lowest BCUT2D eigenvalue weighted by Crippen LogP contribution is -2.37. The molecule has 2 aromatic rings. The van der Waals surface area contributed by atoms with Crippen LogP contribution >= 0.6 is 0 Å². The van der Waals surface area contributed by atoms with Gasteiger partial charge in [-0.2, -0.15) is 5.10 Å². The number of benzene rings is 1. The van der Waals surface area contributed by atoms with Crippen molar-refractivity contribution in [3.63, 3.8) is 0 Å². The molecule has 1 aliphatic heterocycles. The number of nitrogens with one attached hydrogen (secondary N) is 2. The molecule has 0 unspecified atom stereocenters. The number of aromatic nitrogens is 2. The quantitative estimate of drug-likeness (QED) is 0.894. The lowest BCUT2D eigenvalue weighted by Gasteiger charge is -2.22. The number of carbonyl (C=O) groups is 1. The van der Waals surface area contributed by atoms with E-state index in [2.05, 4.69) is 15.7 Å². The third kappa shape index (κ3) is 2.72. The molecule has 20 heavy (non-hydrogen) atoms. The van der Waals surface area contributed by atoms with Gasteiger partial charge in [-0.05, 0) is 37.6 Å². The number of amides is 1. The monoisotopic (exact) mass is 270 g/mol. The summed E-state index contributed by atoms with van der Waals surface area (Å²) in [4.78, 5) is 12.3. The molecule has 1 saturated heterocycles. The van der Waals surface area contributed by atoms with E-state index in [1.54, 1.807) is 10.9 Å². The number of anilines is 1. The van der Waals surface area contributed by atoms with Gasteiger partial charge in [0, 0.05) is 18.9 Å². The highest BCUT2D eigenvalue weighted by molar-refractivity contribution is 5.94. The molecule has 0 spiro atoms. The van der Waals surface area contributed by atoms with Gasteiger partial charge in [0.15, 0.2) is 0 Å². The van der Waals surface area contributed by atoms with Gasteiger partial charge in [0.05, 0.1) is 17.3 Å². The van der Waals surface area contributed by atoms with Gasteiger partial charge in [-0.15, -0.1) is 0 Å². The number of hydrogen-bond acceptors (Lipinski definition) is 3. The summed E-state index contributed by atoms with van der Waals surface area (Å²) in [5.41, 5.74) is 1.68. The maximum Gasteiger partial charge on any atom is 0.228 e. The molecule has 2 N–H and O–H groups in total. The average Bonchev–Trinajstić information content (AvgIpc) is 3.03. The summed E-state index contributed by atoms with van der Waals surface area (Å²) in [5.74, 6) is 0.131. The summed E-state index contributed by atoms with van der Waals surface area (Å²) < 4.78 is 1.76. The SMILES string of the molecule is O=C(Nc1ccccc1-n1cccn1)[C@H]1CCCNC1. The number of para-hydroxylation sites is 2. The Balaban J connectivity index is 1.79. The number of nitrogens with zero attached hydrogens (tertiary/aromatic N) is 2. The fraction of sp³-hybridized carbons (Fsp3) is 0.333. The smallest absolute Gasteiger partial charge is 0.228 e. The molecule has 3 rings (SSSR count). The first-order chi connectivity index (χ1) is 9.84. The Bertz CT molecular complexity index is 573. The fourth-order valence-electron chi connectivity index (χ4n) is 2.50. The number of hydrogen-bond donors (Lipinski definition) is 2. The van der Waals surface area contributed by atoms with Crippen molar-refractivity contribution in [2.45, 2.75) is 12.8 Å². The zero-order valence-electron chi connectivity index (χ0n) is 11.2. The van der Waals surface area contributed by atoms with Crippen LogP contribution in [0.1, 0.15) is 12.8 Å². The predicted molar refractivity (Wildman–Crippen MR) is 77.8 cm³/mol. The molecule has 5 heteroatoms. The molecule has 1 amide bonds. The van der Waals surface area contributed by atoms with Crippen LogP contribution in [0.2, 0.25) is 0 Å². The molecular weight excluding hydrogens is 252 g/mol. The van der Waals surface area contributed by atoms with E-state index >= 15 is 0 Å². The second kappa shape index (κ2) is 5.88. The Labute approximate surface area is 118 Å². The molecule has 104 valence electrons. The van der Waals surface area contributed by atoms with Crippen LogP contribution in [0.15, 0.2) is 42.7 Å². The van der Waals surface area contributed by atoms with Crippen LogP contribution in [0.4, 0.5) is 5.69 Å². The number of rotatable bonds is 3. The molecule has 1 aromatic heterocycles. The van der Waals surface area contributed by atoms with Gasteiger partial charge >= 0.3 is 0 Å². The summed E-state index contributed by atoms with van der Waals surface area (Å²) in [5, 5.41) is 10.5. The first-order valence-electron chi connectivity index (χ1n) is 6.95. The number of carbonyl (C=O) groups excluding carboxylic acids is 1. The van der Waals surface area contributed by atoms with Crippen LogP contribution in [0.5, 0.6) is 0 Å². The van der Waals surface area contributed by atoms with Crippen LogP contribution in [-0.2, 0) is 4.79 Å². The maximum absolute atomic E-state index is 12.3. The Morgan fingerprint density at radius 2 is 2.25 bits per heavy atom. The highest BCUT2D eigenvalue weighted by Crippen LogP contribution is 2.21. The lowest BCUT2D eigenvalue weighted by atomic mass is 9.99. The molecule has 1 atom stereocenters. The molecule has 1 aliphatic rings. The average molecular weight is 270 g/mol. The van der Waals surface area contributed by atoms with Gasteiger partial charge in [-0.25, -0.2) is 4.68 Å². The van der Waals surface area contributed by atoms with Crippen molar-refractivity contribution in [1.82, 2.24) is 15.1 Å². The van der Waals surface area contributed by atoms with Crippen molar-refractivity contribution in [3.05, 3.63) is 42.7 Å². The zero-order chi connectivity index (χ0) is 13.8. The van der Waals surface area contributed by atoms with E-state index in [0.717, 1.165) is 37.3 Å². The van der Waals surface area contributed by atoms with E-state index in [4.69, 9.17) is 0 Å². The van der Waals surface area contributed by atoms with E-state index in [9.17, 15) is 4.79 Å². The molecule has 1 aromatic carbocycles. The topological polar surface area (TPSA) is 59.0 Å². The van der Waals surface area contributed by atoms with E-state index in [-0.39, 0.29) is 11.8 Å². The van der Waals surface area contributed by atoms with Gasteiger partial charge < -0.3 is 10.6 Å². The highest BCUT2D eigenvalue weighted by Gasteiger charge is 2.21. The third-order valence-electron chi connectivity index (χ3n) is 3.58. The summed E-state index contributed by atoms with van der Waals surface area (Å²) >= 11 is 0. The first-order valence-corrected chi connectivity index (χ1v) is 6.95. The zero-order valence-corrected chi connectivity index (χ0v) is 11.2. The van der Waals surface area contributed by atoms with E-state index in [1.807, 2.05) is 36.5 Å². The summed E-state index contributed by atoms with van der Waals surface area (Å²) in [6.45, 7) is 1.77. The third-order valence-corrected chi connectivity index (χ3v) is 3.58. The van der Waals surface area contributed by atoms with Gasteiger partial charge in [0.1, 0.15) is 0 Å². The van der Waals surface area contributed by atoms with Crippen LogP contribution < -0.4 is 10.6 Å². The van der Waals surface area contributed by atoms with E-state index < -0.39 is 0 Å². The lowest BCUT2D eigenvalue weighted by molar-refractivity contribution is -0.120. The van der Waals surface area contributed by atoms with E-state index in [1.165, 1.54) is 0 Å². The Hall–Kier alpha value is -2.14. The van der Waals surface area contributed by atoms with Crippen LogP contribution in [0, 0.1) is 5.92 Å². The van der Waals surface area contributed by atoms with Crippen LogP contribution in [0.3, 0.4) is 0 Å². The molecule has 1 fully saturated rings. The Kier molecular flexibility index (Phi) is 3.78. The summed E-state index contributed by atoms with van der Waals surface area (Å²) in [7, 11) is 0. The maximum atomic E-state index is 12.3. The minimum Gasteiger partial charge on any atom is -0.324 e. The normalized spacial score (nSPS) is 18.7. The summed E-state index contributed by atoms with van der Waals surface area (Å²) in [6, 6.07) is 9.58. The second-order valence-electron chi connectivity index (χ2n) is 5.00. The Morgan fingerprint density at radius 1 is 1.35 bits per heavy atom. The summed E-state index contributed by atoms with van der Waals surface area (Å²) in [6.07, 6.45) is 5.60. The first kappa shape index (κ1) is 12.9. The molecule has 2 heterocycles. The molecule has 0 radical (unpaired) electrons. The second-order valence-corrected chi connectivity index (χ2v) is 5.00. The number of piperidine rings is 1. The van der Waals surface area contributed by atoms with Crippen molar-refractivity contribution in [2.75, 3.05) is 18.4 Å². The van der Waals surface area contributed by atoms with Crippen molar-refractivity contribution in [3.8, 4) is 5.69 Å². The minimum absolute atomic E-state index is 0.0504.